The minimum atomic E-state index is 1.04. The van der Waals surface area contributed by atoms with Crippen LogP contribution in [0.4, 0.5) is 5.69 Å². The number of rotatable bonds is 0. The van der Waals surface area contributed by atoms with Gasteiger partial charge in [-0.1, -0.05) is 6.07 Å². The van der Waals surface area contributed by atoms with E-state index in [1.54, 1.807) is 6.21 Å². The van der Waals surface area contributed by atoms with E-state index in [9.17, 15) is 0 Å². The van der Waals surface area contributed by atoms with Gasteiger partial charge in [0.15, 0.2) is 5.10 Å². The van der Waals surface area contributed by atoms with Crippen LogP contribution in [0.3, 0.4) is 0 Å². The molecule has 1 N–H and O–H groups in total. The molecule has 0 amide bonds. The third-order valence-electron chi connectivity index (χ3n) is 1.29. The zero-order valence-electron chi connectivity index (χ0n) is 4.76. The Morgan fingerprint density at radius 1 is 1.56 bits per heavy atom. The highest BCUT2D eigenvalue weighted by atomic mass is 15.3. The molecule has 0 unspecified atom stereocenters. The molecule has 2 nitrogen and oxygen atoms in total. The zero-order chi connectivity index (χ0) is 6.10. The Morgan fingerprint density at radius 2 is 2.56 bits per heavy atom. The molecule has 0 fully saturated rings. The van der Waals surface area contributed by atoms with Crippen LogP contribution in [-0.4, -0.2) is 6.21 Å². The summed E-state index contributed by atoms with van der Waals surface area (Å²) >= 11 is 0. The van der Waals surface area contributed by atoms with Gasteiger partial charge in [-0.25, -0.2) is 0 Å². The van der Waals surface area contributed by atoms with Crippen molar-refractivity contribution >= 4 is 11.9 Å². The predicted octanol–water partition coefficient (Wildman–Crippen LogP) is 0.582. The molecule has 2 heteroatoms. The van der Waals surface area contributed by atoms with Gasteiger partial charge < -0.3 is 0 Å². The van der Waals surface area contributed by atoms with Crippen molar-refractivity contribution in [2.75, 3.05) is 5.43 Å². The number of hydrogen-bond acceptors (Lipinski definition) is 2. The normalized spacial score (nSPS) is 12.9. The molecule has 0 bridgehead atoms. The molecule has 1 aromatic carbocycles. The van der Waals surface area contributed by atoms with Crippen LogP contribution in [0.15, 0.2) is 18.2 Å². The van der Waals surface area contributed by atoms with Gasteiger partial charge in [0.25, 0.3) is 6.21 Å². The highest BCUT2D eigenvalue weighted by molar-refractivity contribution is 5.90. The molecule has 1 aliphatic rings. The largest absolute Gasteiger partial charge is 0.284 e. The van der Waals surface area contributed by atoms with Crippen LogP contribution in [0, 0.1) is 6.07 Å². The third kappa shape index (κ3) is 0.598. The zero-order valence-corrected chi connectivity index (χ0v) is 4.76. The maximum atomic E-state index is 3.86. The molecule has 2 radical (unpaired) electrons. The van der Waals surface area contributed by atoms with Crippen molar-refractivity contribution in [2.45, 2.75) is 0 Å². The average Bonchev–Trinajstić information content (AvgIpc) is 2.33. The molecule has 1 heterocycles. The van der Waals surface area contributed by atoms with Crippen molar-refractivity contribution in [1.29, 1.82) is 0 Å². The SMILES string of the molecule is [c]1ccc2c(c1)N[N+]=C2. The number of anilines is 1. The Labute approximate surface area is 53.2 Å². The molecule has 1 aliphatic heterocycles. The topological polar surface area (TPSA) is 26.1 Å². The minimum absolute atomic E-state index is 1.04. The smallest absolute Gasteiger partial charge is 0.100 e. The van der Waals surface area contributed by atoms with E-state index >= 15 is 0 Å². The Morgan fingerprint density at radius 3 is 3.44 bits per heavy atom. The van der Waals surface area contributed by atoms with E-state index in [0.717, 1.165) is 11.3 Å². The average molecular weight is 117 g/mol. The fraction of sp³-hybridized carbons (Fsp3) is 0. The number of fused-ring (bicyclic) bond motifs is 1. The molecule has 0 saturated heterocycles. The van der Waals surface area contributed by atoms with Gasteiger partial charge in [0, 0.05) is 0 Å². The second-order valence-electron chi connectivity index (χ2n) is 1.88. The molecule has 0 saturated carbocycles. The Kier molecular flexibility index (Phi) is 0.803. The number of hydrogen-bond donors (Lipinski definition) is 1. The summed E-state index contributed by atoms with van der Waals surface area (Å²) < 4.78 is 0. The van der Waals surface area contributed by atoms with Gasteiger partial charge in [-0.3, -0.25) is 0 Å². The van der Waals surface area contributed by atoms with Crippen LogP contribution in [0.2, 0.25) is 0 Å². The first-order valence-corrected chi connectivity index (χ1v) is 2.76. The molecule has 0 aliphatic carbocycles. The standard InChI is InChI=1S/C7H5N2/c1-2-4-7-6(3-1)5-8-9-7/h1,3-5,9H/q+1. The van der Waals surface area contributed by atoms with E-state index in [4.69, 9.17) is 0 Å². The highest BCUT2D eigenvalue weighted by Gasteiger charge is 2.11. The molecule has 0 atom stereocenters. The van der Waals surface area contributed by atoms with E-state index in [1.807, 2.05) is 18.2 Å². The second kappa shape index (κ2) is 1.58. The van der Waals surface area contributed by atoms with E-state index in [-0.39, 0.29) is 0 Å². The summed E-state index contributed by atoms with van der Waals surface area (Å²) in [5, 5.41) is 3.86. The highest BCUT2D eigenvalue weighted by Crippen LogP contribution is 2.12. The lowest BCUT2D eigenvalue weighted by Crippen LogP contribution is -1.91. The van der Waals surface area contributed by atoms with E-state index in [0.29, 0.717) is 0 Å². The van der Waals surface area contributed by atoms with Crippen LogP contribution in [0.25, 0.3) is 0 Å². The summed E-state index contributed by atoms with van der Waals surface area (Å²) in [6.45, 7) is 0. The quantitative estimate of drug-likeness (QED) is 0.528. The Balaban J connectivity index is 2.63. The van der Waals surface area contributed by atoms with E-state index in [2.05, 4.69) is 16.6 Å². The lowest BCUT2D eigenvalue weighted by atomic mass is 10.2. The van der Waals surface area contributed by atoms with Gasteiger partial charge in [0.05, 0.1) is 5.56 Å². The van der Waals surface area contributed by atoms with Crippen LogP contribution in [-0.2, 0) is 0 Å². The Bertz CT molecular complexity index is 253. The van der Waals surface area contributed by atoms with Crippen LogP contribution in [0.5, 0.6) is 0 Å². The van der Waals surface area contributed by atoms with Crippen LogP contribution >= 0.6 is 0 Å². The fourth-order valence-corrected chi connectivity index (χ4v) is 0.823. The van der Waals surface area contributed by atoms with Gasteiger partial charge >= 0.3 is 0 Å². The van der Waals surface area contributed by atoms with E-state index < -0.39 is 0 Å². The lowest BCUT2D eigenvalue weighted by Gasteiger charge is -1.85. The third-order valence-corrected chi connectivity index (χ3v) is 1.29. The van der Waals surface area contributed by atoms with Crippen molar-refractivity contribution in [3.05, 3.63) is 29.8 Å². The fourth-order valence-electron chi connectivity index (χ4n) is 0.823. The van der Waals surface area contributed by atoms with Crippen LogP contribution in [0.1, 0.15) is 5.56 Å². The first kappa shape index (κ1) is 4.56. The summed E-state index contributed by atoms with van der Waals surface area (Å²) in [5.74, 6) is 0. The summed E-state index contributed by atoms with van der Waals surface area (Å²) in [5.41, 5.74) is 5.01. The summed E-state index contributed by atoms with van der Waals surface area (Å²) in [6.07, 6.45) is 1.79. The minimum Gasteiger partial charge on any atom is -0.100 e. The maximum Gasteiger partial charge on any atom is 0.284 e. The van der Waals surface area contributed by atoms with Crippen molar-refractivity contribution in [3.8, 4) is 0 Å². The van der Waals surface area contributed by atoms with Crippen molar-refractivity contribution in [3.63, 3.8) is 0 Å². The molecule has 0 aromatic heterocycles. The molecular formula is C7H5N2+. The summed E-state index contributed by atoms with van der Waals surface area (Å²) in [4.78, 5) is 0. The van der Waals surface area contributed by atoms with Crippen molar-refractivity contribution in [2.24, 2.45) is 0 Å². The maximum absolute atomic E-state index is 3.86. The summed E-state index contributed by atoms with van der Waals surface area (Å²) in [7, 11) is 0. The number of nitrogens with one attached hydrogen (secondary N) is 1. The molecule has 42 valence electrons. The van der Waals surface area contributed by atoms with Gasteiger partial charge in [-0.2, -0.15) is 0 Å². The van der Waals surface area contributed by atoms with Crippen LogP contribution < -0.4 is 10.5 Å². The van der Waals surface area contributed by atoms with Crippen molar-refractivity contribution < 1.29 is 0 Å². The first-order chi connectivity index (χ1) is 4.47. The van der Waals surface area contributed by atoms with E-state index in [1.165, 1.54) is 0 Å². The predicted molar refractivity (Wildman–Crippen MR) is 36.2 cm³/mol. The second-order valence-corrected chi connectivity index (χ2v) is 1.88. The number of hydrazone groups is 1. The van der Waals surface area contributed by atoms with Crippen molar-refractivity contribution in [1.82, 2.24) is 5.10 Å². The molecule has 0 spiro atoms. The lowest BCUT2D eigenvalue weighted by molar-refractivity contribution is 1.25. The van der Waals surface area contributed by atoms with Gasteiger partial charge in [0.2, 0.25) is 0 Å². The monoisotopic (exact) mass is 117 g/mol. The summed E-state index contributed by atoms with van der Waals surface area (Å²) in [6, 6.07) is 8.67. The van der Waals surface area contributed by atoms with Gasteiger partial charge in [0.1, 0.15) is 5.69 Å². The molecule has 1 aromatic rings. The molecule has 9 heavy (non-hydrogen) atoms. The van der Waals surface area contributed by atoms with Gasteiger partial charge in [-0.15, -0.1) is 5.43 Å². The molecular weight excluding hydrogens is 112 g/mol. The first-order valence-electron chi connectivity index (χ1n) is 2.76. The van der Waals surface area contributed by atoms with Gasteiger partial charge in [-0.05, 0) is 18.2 Å². The number of nitrogens with zero attached hydrogens (tertiary/aromatic N) is 1. The number of benzene rings is 1. The molecule has 2 rings (SSSR count). The Hall–Kier alpha value is -1.31.